The van der Waals surface area contributed by atoms with Crippen LogP contribution in [-0.4, -0.2) is 0 Å². The smallest absolute Gasteiger partial charge is 0.0208 e. The van der Waals surface area contributed by atoms with E-state index in [0.29, 0.717) is 0 Å². The van der Waals surface area contributed by atoms with Crippen LogP contribution in [0.15, 0.2) is 27.1 Å². The molecule has 0 aliphatic heterocycles. The molecule has 0 radical (unpaired) electrons. The standard InChI is InChI=1S/C16H24Br2/c1-2-3-4-5-6-7-8-9-10-14-13-15(17)11-12-16(14)18/h11-13H,2-10H2,1H3. The molecule has 0 nitrogen and oxygen atoms in total. The van der Waals surface area contributed by atoms with E-state index < -0.39 is 0 Å². The van der Waals surface area contributed by atoms with E-state index >= 15 is 0 Å². The summed E-state index contributed by atoms with van der Waals surface area (Å²) in [4.78, 5) is 0. The van der Waals surface area contributed by atoms with Gasteiger partial charge >= 0.3 is 0 Å². The van der Waals surface area contributed by atoms with Crippen molar-refractivity contribution in [3.63, 3.8) is 0 Å². The van der Waals surface area contributed by atoms with Crippen LogP contribution < -0.4 is 0 Å². The maximum Gasteiger partial charge on any atom is 0.0208 e. The Labute approximate surface area is 129 Å². The molecule has 18 heavy (non-hydrogen) atoms. The normalized spacial score (nSPS) is 10.8. The number of benzene rings is 1. The Bertz CT molecular complexity index is 334. The predicted octanol–water partition coefficient (Wildman–Crippen LogP) is 6.89. The van der Waals surface area contributed by atoms with E-state index in [9.17, 15) is 0 Å². The first-order valence-electron chi connectivity index (χ1n) is 7.18. The second kappa shape index (κ2) is 10.0. The lowest BCUT2D eigenvalue weighted by Gasteiger charge is -2.05. The third-order valence-electron chi connectivity index (χ3n) is 3.31. The van der Waals surface area contributed by atoms with Crippen molar-refractivity contribution in [3.05, 3.63) is 32.7 Å². The fourth-order valence-corrected chi connectivity index (χ4v) is 3.04. The Kier molecular flexibility index (Phi) is 9.04. The molecule has 0 amide bonds. The van der Waals surface area contributed by atoms with E-state index in [-0.39, 0.29) is 0 Å². The number of halogens is 2. The van der Waals surface area contributed by atoms with Crippen molar-refractivity contribution < 1.29 is 0 Å². The Morgan fingerprint density at radius 3 is 2.11 bits per heavy atom. The largest absolute Gasteiger partial charge is 0.0654 e. The van der Waals surface area contributed by atoms with Crippen molar-refractivity contribution in [2.75, 3.05) is 0 Å². The molecule has 0 bridgehead atoms. The molecule has 1 rings (SSSR count). The molecule has 0 fully saturated rings. The van der Waals surface area contributed by atoms with Crippen LogP contribution in [0.4, 0.5) is 0 Å². The monoisotopic (exact) mass is 374 g/mol. The van der Waals surface area contributed by atoms with Crippen LogP contribution in [0.2, 0.25) is 0 Å². The molecular formula is C16H24Br2. The number of hydrogen-bond acceptors (Lipinski definition) is 0. The van der Waals surface area contributed by atoms with Crippen LogP contribution in [-0.2, 0) is 6.42 Å². The first-order chi connectivity index (χ1) is 8.74. The lowest BCUT2D eigenvalue weighted by atomic mass is 10.0. The molecule has 102 valence electrons. The summed E-state index contributed by atoms with van der Waals surface area (Å²) in [6, 6.07) is 6.44. The molecule has 1 aromatic rings. The Morgan fingerprint density at radius 2 is 1.44 bits per heavy atom. The highest BCUT2D eigenvalue weighted by atomic mass is 79.9. The molecule has 0 spiro atoms. The number of unbranched alkanes of at least 4 members (excludes halogenated alkanes) is 7. The quantitative estimate of drug-likeness (QED) is 0.412. The summed E-state index contributed by atoms with van der Waals surface area (Å²) in [5, 5.41) is 0. The molecule has 0 unspecified atom stereocenters. The average Bonchev–Trinajstić information content (AvgIpc) is 2.36. The van der Waals surface area contributed by atoms with E-state index in [1.165, 1.54) is 72.3 Å². The molecule has 0 aliphatic carbocycles. The summed E-state index contributed by atoms with van der Waals surface area (Å²) in [6.07, 6.45) is 12.3. The van der Waals surface area contributed by atoms with Crippen molar-refractivity contribution in [3.8, 4) is 0 Å². The highest BCUT2D eigenvalue weighted by Gasteiger charge is 2.00. The van der Waals surface area contributed by atoms with Crippen LogP contribution >= 0.6 is 31.9 Å². The minimum atomic E-state index is 1.18. The summed E-state index contributed by atoms with van der Waals surface area (Å²) in [6.45, 7) is 2.27. The van der Waals surface area contributed by atoms with Gasteiger partial charge in [0.1, 0.15) is 0 Å². The summed E-state index contributed by atoms with van der Waals surface area (Å²) >= 11 is 7.15. The van der Waals surface area contributed by atoms with Crippen LogP contribution in [0.25, 0.3) is 0 Å². The van der Waals surface area contributed by atoms with E-state index in [4.69, 9.17) is 0 Å². The van der Waals surface area contributed by atoms with Gasteiger partial charge in [0.15, 0.2) is 0 Å². The van der Waals surface area contributed by atoms with Gasteiger partial charge in [-0.25, -0.2) is 0 Å². The predicted molar refractivity (Wildman–Crippen MR) is 88.2 cm³/mol. The number of hydrogen-bond donors (Lipinski definition) is 0. The summed E-state index contributed by atoms with van der Waals surface area (Å²) in [7, 11) is 0. The van der Waals surface area contributed by atoms with Gasteiger partial charge in [-0.15, -0.1) is 0 Å². The average molecular weight is 376 g/mol. The first kappa shape index (κ1) is 16.2. The minimum absolute atomic E-state index is 1.18. The maximum atomic E-state index is 3.62. The van der Waals surface area contributed by atoms with Gasteiger partial charge in [0, 0.05) is 8.95 Å². The van der Waals surface area contributed by atoms with Gasteiger partial charge in [-0.1, -0.05) is 83.7 Å². The highest BCUT2D eigenvalue weighted by Crippen LogP contribution is 2.23. The maximum absolute atomic E-state index is 3.62. The van der Waals surface area contributed by atoms with Crippen LogP contribution in [0, 0.1) is 0 Å². The van der Waals surface area contributed by atoms with E-state index in [0.717, 1.165) is 0 Å². The summed E-state index contributed by atoms with van der Waals surface area (Å²) in [5.74, 6) is 0. The van der Waals surface area contributed by atoms with Gasteiger partial charge in [0.2, 0.25) is 0 Å². The Morgan fingerprint density at radius 1 is 0.833 bits per heavy atom. The molecular weight excluding hydrogens is 352 g/mol. The molecule has 1 aromatic carbocycles. The van der Waals surface area contributed by atoms with Gasteiger partial charge in [-0.3, -0.25) is 0 Å². The Hall–Kier alpha value is 0.180. The zero-order valence-corrected chi connectivity index (χ0v) is 14.5. The highest BCUT2D eigenvalue weighted by molar-refractivity contribution is 9.11. The van der Waals surface area contributed by atoms with Crippen molar-refractivity contribution in [1.29, 1.82) is 0 Å². The van der Waals surface area contributed by atoms with Crippen LogP contribution in [0.3, 0.4) is 0 Å². The zero-order valence-electron chi connectivity index (χ0n) is 11.4. The molecule has 0 saturated heterocycles. The molecule has 0 N–H and O–H groups in total. The molecule has 0 aromatic heterocycles. The fourth-order valence-electron chi connectivity index (χ4n) is 2.18. The first-order valence-corrected chi connectivity index (χ1v) is 8.76. The van der Waals surface area contributed by atoms with E-state index in [1.807, 2.05) is 0 Å². The minimum Gasteiger partial charge on any atom is -0.0654 e. The topological polar surface area (TPSA) is 0 Å². The van der Waals surface area contributed by atoms with Crippen LogP contribution in [0.1, 0.15) is 63.9 Å². The SMILES string of the molecule is CCCCCCCCCCc1cc(Br)ccc1Br. The Balaban J connectivity index is 2.09. The van der Waals surface area contributed by atoms with Gasteiger partial charge in [0.05, 0.1) is 0 Å². The van der Waals surface area contributed by atoms with E-state index in [1.54, 1.807) is 0 Å². The molecule has 2 heteroatoms. The molecule has 0 heterocycles. The van der Waals surface area contributed by atoms with Gasteiger partial charge in [-0.05, 0) is 36.6 Å². The third-order valence-corrected chi connectivity index (χ3v) is 4.57. The summed E-state index contributed by atoms with van der Waals surface area (Å²) in [5.41, 5.74) is 1.43. The van der Waals surface area contributed by atoms with Crippen LogP contribution in [0.5, 0.6) is 0 Å². The van der Waals surface area contributed by atoms with Gasteiger partial charge in [-0.2, -0.15) is 0 Å². The van der Waals surface area contributed by atoms with Gasteiger partial charge in [0.25, 0.3) is 0 Å². The van der Waals surface area contributed by atoms with Crippen molar-refractivity contribution in [1.82, 2.24) is 0 Å². The third kappa shape index (κ3) is 6.94. The molecule has 0 aliphatic rings. The van der Waals surface area contributed by atoms with Crippen molar-refractivity contribution in [2.24, 2.45) is 0 Å². The fraction of sp³-hybridized carbons (Fsp3) is 0.625. The zero-order chi connectivity index (χ0) is 13.2. The lowest BCUT2D eigenvalue weighted by Crippen LogP contribution is -1.88. The van der Waals surface area contributed by atoms with Crippen molar-refractivity contribution >= 4 is 31.9 Å². The molecule has 0 atom stereocenters. The molecule has 0 saturated carbocycles. The number of aryl methyl sites for hydroxylation is 1. The van der Waals surface area contributed by atoms with Crippen molar-refractivity contribution in [2.45, 2.75) is 64.7 Å². The second-order valence-electron chi connectivity index (χ2n) is 4.96. The second-order valence-corrected chi connectivity index (χ2v) is 6.73. The van der Waals surface area contributed by atoms with Gasteiger partial charge < -0.3 is 0 Å². The lowest BCUT2D eigenvalue weighted by molar-refractivity contribution is 0.575. The number of rotatable bonds is 9. The summed E-state index contributed by atoms with van der Waals surface area (Å²) < 4.78 is 2.42. The van der Waals surface area contributed by atoms with E-state index in [2.05, 4.69) is 57.0 Å².